The summed E-state index contributed by atoms with van der Waals surface area (Å²) in [5, 5.41) is 3.90. The van der Waals surface area contributed by atoms with Gasteiger partial charge >= 0.3 is 0 Å². The molecule has 1 aromatic heterocycles. The summed E-state index contributed by atoms with van der Waals surface area (Å²) in [7, 11) is 0. The topological polar surface area (TPSA) is 45.2 Å². The van der Waals surface area contributed by atoms with Crippen LogP contribution in [0, 0.1) is 0 Å². The molecule has 1 saturated heterocycles. The van der Waals surface area contributed by atoms with Crippen molar-refractivity contribution in [3.05, 3.63) is 22.4 Å². The van der Waals surface area contributed by atoms with Crippen molar-refractivity contribution in [2.45, 2.75) is 38.8 Å². The summed E-state index contributed by atoms with van der Waals surface area (Å²) in [6.07, 6.45) is 0. The molecule has 2 rings (SSSR count). The summed E-state index contributed by atoms with van der Waals surface area (Å²) in [5.41, 5.74) is -0.151. The van der Waals surface area contributed by atoms with Crippen LogP contribution < -0.4 is 10.2 Å². The van der Waals surface area contributed by atoms with Gasteiger partial charge in [-0.25, -0.2) is 4.98 Å². The highest BCUT2D eigenvalue weighted by Crippen LogP contribution is 2.29. The molecule has 0 aliphatic carbocycles. The molecule has 1 aromatic rings. The first-order valence-corrected chi connectivity index (χ1v) is 6.81. The number of halogens is 2. The lowest BCUT2D eigenvalue weighted by Gasteiger charge is -2.47. The van der Waals surface area contributed by atoms with Crippen LogP contribution in [0.2, 0.25) is 10.3 Å². The van der Waals surface area contributed by atoms with Gasteiger partial charge in [-0.2, -0.15) is 0 Å². The van der Waals surface area contributed by atoms with Crippen LogP contribution in [0.1, 0.15) is 27.7 Å². The SMILES string of the molecule is CC1(C)CN(c2cc(Cl)nc(Cl)c2)C(=O)C(C)(C)N1. The van der Waals surface area contributed by atoms with Gasteiger partial charge in [0.05, 0.1) is 5.54 Å². The summed E-state index contributed by atoms with van der Waals surface area (Å²) in [5.74, 6) is -0.00911. The van der Waals surface area contributed by atoms with Gasteiger partial charge in [0.15, 0.2) is 0 Å². The van der Waals surface area contributed by atoms with Crippen LogP contribution in [-0.4, -0.2) is 28.5 Å². The number of amides is 1. The lowest BCUT2D eigenvalue weighted by atomic mass is 9.90. The molecule has 1 fully saturated rings. The standard InChI is InChI=1S/C13H17Cl2N3O/c1-12(2)7-18(11(19)13(3,4)17-12)8-5-9(14)16-10(15)6-8/h5-6,17H,7H2,1-4H3. The summed E-state index contributed by atoms with van der Waals surface area (Å²) < 4.78 is 0. The quantitative estimate of drug-likeness (QED) is 0.811. The number of aromatic nitrogens is 1. The largest absolute Gasteiger partial charge is 0.309 e. The summed E-state index contributed by atoms with van der Waals surface area (Å²) in [6, 6.07) is 3.31. The number of hydrogen-bond donors (Lipinski definition) is 1. The minimum atomic E-state index is -0.635. The third-order valence-electron chi connectivity index (χ3n) is 3.04. The van der Waals surface area contributed by atoms with Crippen LogP contribution in [0.3, 0.4) is 0 Å². The van der Waals surface area contributed by atoms with E-state index in [-0.39, 0.29) is 21.8 Å². The Labute approximate surface area is 123 Å². The van der Waals surface area contributed by atoms with Gasteiger partial charge in [0.2, 0.25) is 5.91 Å². The van der Waals surface area contributed by atoms with E-state index in [0.29, 0.717) is 12.2 Å². The van der Waals surface area contributed by atoms with Crippen molar-refractivity contribution in [1.29, 1.82) is 0 Å². The van der Waals surface area contributed by atoms with E-state index in [1.54, 1.807) is 17.0 Å². The first kappa shape index (κ1) is 14.6. The van der Waals surface area contributed by atoms with E-state index < -0.39 is 5.54 Å². The monoisotopic (exact) mass is 301 g/mol. The number of nitrogens with zero attached hydrogens (tertiary/aromatic N) is 2. The average Bonchev–Trinajstić information content (AvgIpc) is 2.20. The molecule has 0 aromatic carbocycles. The molecule has 19 heavy (non-hydrogen) atoms. The molecule has 0 bridgehead atoms. The molecule has 6 heteroatoms. The van der Waals surface area contributed by atoms with Gasteiger partial charge in [0.1, 0.15) is 10.3 Å². The minimum absolute atomic E-state index is 0.00911. The molecule has 1 amide bonds. The maximum absolute atomic E-state index is 12.5. The lowest BCUT2D eigenvalue weighted by Crippen LogP contribution is -2.70. The van der Waals surface area contributed by atoms with E-state index in [1.807, 2.05) is 13.8 Å². The summed E-state index contributed by atoms with van der Waals surface area (Å²) in [4.78, 5) is 18.1. The zero-order valence-electron chi connectivity index (χ0n) is 11.4. The molecule has 104 valence electrons. The van der Waals surface area contributed by atoms with Gasteiger partial charge in [0, 0.05) is 17.8 Å². The molecule has 0 radical (unpaired) electrons. The molecular weight excluding hydrogens is 285 g/mol. The molecule has 2 heterocycles. The number of anilines is 1. The number of carbonyl (C=O) groups is 1. The van der Waals surface area contributed by atoms with Gasteiger partial charge < -0.3 is 4.90 Å². The zero-order chi connectivity index (χ0) is 14.4. The number of hydrogen-bond acceptors (Lipinski definition) is 3. The van der Waals surface area contributed by atoms with Gasteiger partial charge in [-0.05, 0) is 39.8 Å². The van der Waals surface area contributed by atoms with E-state index in [4.69, 9.17) is 23.2 Å². The second-order valence-electron chi connectivity index (χ2n) is 6.00. The first-order chi connectivity index (χ1) is 8.61. The number of piperazine rings is 1. The number of nitrogens with one attached hydrogen (secondary N) is 1. The van der Waals surface area contributed by atoms with Crippen molar-refractivity contribution in [2.75, 3.05) is 11.4 Å². The second kappa shape index (κ2) is 4.62. The van der Waals surface area contributed by atoms with E-state index in [2.05, 4.69) is 24.1 Å². The number of carbonyl (C=O) groups excluding carboxylic acids is 1. The van der Waals surface area contributed by atoms with E-state index in [1.165, 1.54) is 0 Å². The van der Waals surface area contributed by atoms with Gasteiger partial charge in [-0.15, -0.1) is 0 Å². The van der Waals surface area contributed by atoms with Crippen LogP contribution in [0.4, 0.5) is 5.69 Å². The van der Waals surface area contributed by atoms with Crippen molar-refractivity contribution < 1.29 is 4.79 Å². The third-order valence-corrected chi connectivity index (χ3v) is 3.43. The van der Waals surface area contributed by atoms with E-state index in [0.717, 1.165) is 0 Å². The van der Waals surface area contributed by atoms with Crippen molar-refractivity contribution in [3.8, 4) is 0 Å². The maximum atomic E-state index is 12.5. The molecule has 1 aliphatic rings. The molecular formula is C13H17Cl2N3O. The Hall–Kier alpha value is -0.840. The molecule has 0 saturated carbocycles. The predicted octanol–water partition coefficient (Wildman–Crippen LogP) is 2.88. The Balaban J connectivity index is 2.44. The fraction of sp³-hybridized carbons (Fsp3) is 0.538. The van der Waals surface area contributed by atoms with Gasteiger partial charge in [-0.1, -0.05) is 23.2 Å². The number of pyridine rings is 1. The predicted molar refractivity (Wildman–Crippen MR) is 77.9 cm³/mol. The first-order valence-electron chi connectivity index (χ1n) is 6.05. The normalized spacial score (nSPS) is 21.6. The Morgan fingerprint density at radius 2 is 1.74 bits per heavy atom. The van der Waals surface area contributed by atoms with Crippen LogP contribution in [0.15, 0.2) is 12.1 Å². The van der Waals surface area contributed by atoms with Crippen molar-refractivity contribution in [3.63, 3.8) is 0 Å². The van der Waals surface area contributed by atoms with Crippen LogP contribution in [-0.2, 0) is 4.79 Å². The van der Waals surface area contributed by atoms with Crippen LogP contribution in [0.5, 0.6) is 0 Å². The maximum Gasteiger partial charge on any atom is 0.246 e. The molecule has 0 spiro atoms. The zero-order valence-corrected chi connectivity index (χ0v) is 12.9. The Morgan fingerprint density at radius 1 is 1.21 bits per heavy atom. The van der Waals surface area contributed by atoms with Gasteiger partial charge in [-0.3, -0.25) is 10.1 Å². The van der Waals surface area contributed by atoms with Crippen molar-refractivity contribution in [2.24, 2.45) is 0 Å². The van der Waals surface area contributed by atoms with Crippen molar-refractivity contribution in [1.82, 2.24) is 10.3 Å². The summed E-state index contributed by atoms with van der Waals surface area (Å²) >= 11 is 11.8. The molecule has 1 aliphatic heterocycles. The van der Waals surface area contributed by atoms with E-state index in [9.17, 15) is 4.79 Å². The Kier molecular flexibility index (Phi) is 3.54. The molecule has 4 nitrogen and oxygen atoms in total. The van der Waals surface area contributed by atoms with Crippen LogP contribution in [0.25, 0.3) is 0 Å². The fourth-order valence-electron chi connectivity index (χ4n) is 2.56. The minimum Gasteiger partial charge on any atom is -0.309 e. The van der Waals surface area contributed by atoms with Crippen LogP contribution >= 0.6 is 23.2 Å². The van der Waals surface area contributed by atoms with E-state index >= 15 is 0 Å². The second-order valence-corrected chi connectivity index (χ2v) is 6.77. The summed E-state index contributed by atoms with van der Waals surface area (Å²) in [6.45, 7) is 8.39. The highest BCUT2D eigenvalue weighted by atomic mass is 35.5. The molecule has 0 unspecified atom stereocenters. The van der Waals surface area contributed by atoms with Crippen molar-refractivity contribution >= 4 is 34.8 Å². The lowest BCUT2D eigenvalue weighted by molar-refractivity contribution is -0.126. The Bertz CT molecular complexity index is 508. The fourth-order valence-corrected chi connectivity index (χ4v) is 3.01. The molecule has 1 N–H and O–H groups in total. The highest BCUT2D eigenvalue weighted by molar-refractivity contribution is 6.33. The van der Waals surface area contributed by atoms with Gasteiger partial charge in [0.25, 0.3) is 0 Å². The third kappa shape index (κ3) is 3.02. The highest BCUT2D eigenvalue weighted by Gasteiger charge is 2.43. The Morgan fingerprint density at radius 3 is 2.26 bits per heavy atom. The smallest absolute Gasteiger partial charge is 0.246 e. The number of rotatable bonds is 1. The molecule has 0 atom stereocenters. The average molecular weight is 302 g/mol.